The van der Waals surface area contributed by atoms with Crippen LogP contribution in [-0.4, -0.2) is 148 Å². The number of nitrogens with two attached hydrogens (primary N) is 3. The van der Waals surface area contributed by atoms with E-state index in [-0.39, 0.29) is 37.5 Å². The first-order valence-corrected chi connectivity index (χ1v) is 19.7. The lowest BCUT2D eigenvalue weighted by molar-refractivity contribution is -0.143. The van der Waals surface area contributed by atoms with Crippen molar-refractivity contribution in [3.05, 3.63) is 35.9 Å². The molecule has 336 valence electrons. The molecule has 1 heterocycles. The minimum absolute atomic E-state index is 0.0237. The number of carboxylic acids is 2. The molecule has 1 aliphatic rings. The number of carbonyl (C=O) groups is 10. The smallest absolute Gasteiger partial charge is 0.326 e. The Morgan fingerprint density at radius 2 is 1.39 bits per heavy atom. The van der Waals surface area contributed by atoms with Crippen molar-refractivity contribution >= 4 is 77.8 Å². The van der Waals surface area contributed by atoms with Gasteiger partial charge in [0.25, 0.3) is 0 Å². The van der Waals surface area contributed by atoms with Gasteiger partial charge in [0.05, 0.1) is 25.6 Å². The molecule has 1 fully saturated rings. The Morgan fingerprint density at radius 1 is 0.787 bits per heavy atom. The lowest BCUT2D eigenvalue weighted by atomic mass is 10.0. The highest BCUT2D eigenvalue weighted by Gasteiger charge is 2.39. The molecule has 1 saturated heterocycles. The number of carboxylic acid groups (broad SMARTS) is 2. The van der Waals surface area contributed by atoms with Crippen molar-refractivity contribution in [3.63, 3.8) is 0 Å². The quantitative estimate of drug-likeness (QED) is 0.0179. The maximum absolute atomic E-state index is 14.1. The SMILES string of the molecule is N=C(N)NCCC[C@H](N)C(=O)NCC(=O)N[C@@H](CS)C(=O)N[C@@H](Cc1ccccc1)C(=O)N1CCC[C@H]1C(=O)NCC(=O)N[C@@H](CC(N)=O)C(=O)N[C@@H](CCC(=O)O)C(=O)O. The van der Waals surface area contributed by atoms with E-state index < -0.39 is 128 Å². The van der Waals surface area contributed by atoms with Crippen LogP contribution in [0.1, 0.15) is 50.5 Å². The van der Waals surface area contributed by atoms with E-state index in [1.807, 2.05) is 0 Å². The molecule has 1 aromatic carbocycles. The Kier molecular flexibility index (Phi) is 21.5. The van der Waals surface area contributed by atoms with Crippen LogP contribution in [0, 0.1) is 5.41 Å². The first-order chi connectivity index (χ1) is 28.8. The van der Waals surface area contributed by atoms with Gasteiger partial charge in [-0.2, -0.15) is 12.6 Å². The van der Waals surface area contributed by atoms with Gasteiger partial charge in [-0.15, -0.1) is 0 Å². The van der Waals surface area contributed by atoms with Crippen LogP contribution in [0.3, 0.4) is 0 Å². The van der Waals surface area contributed by atoms with Crippen molar-refractivity contribution in [2.24, 2.45) is 17.2 Å². The molecule has 0 bridgehead atoms. The van der Waals surface area contributed by atoms with E-state index in [4.69, 9.17) is 27.7 Å². The predicted octanol–water partition coefficient (Wildman–Crippen LogP) is -5.26. The second kappa shape index (κ2) is 25.9. The molecule has 0 saturated carbocycles. The van der Waals surface area contributed by atoms with Gasteiger partial charge in [-0.25, -0.2) is 4.79 Å². The summed E-state index contributed by atoms with van der Waals surface area (Å²) in [4.78, 5) is 127. The van der Waals surface area contributed by atoms with Gasteiger partial charge < -0.3 is 69.5 Å². The molecule has 0 aromatic heterocycles. The van der Waals surface area contributed by atoms with Crippen LogP contribution in [0.5, 0.6) is 0 Å². The fourth-order valence-corrected chi connectivity index (χ4v) is 6.24. The van der Waals surface area contributed by atoms with Crippen molar-refractivity contribution in [3.8, 4) is 0 Å². The molecular weight excluding hydrogens is 825 g/mol. The van der Waals surface area contributed by atoms with E-state index in [1.165, 1.54) is 4.90 Å². The van der Waals surface area contributed by atoms with Crippen molar-refractivity contribution in [1.29, 1.82) is 5.41 Å². The summed E-state index contributed by atoms with van der Waals surface area (Å²) in [6.07, 6.45) is -0.684. The predicted molar refractivity (Wildman–Crippen MR) is 218 cm³/mol. The molecule has 8 amide bonds. The Balaban J connectivity index is 2.09. The maximum atomic E-state index is 14.1. The lowest BCUT2D eigenvalue weighted by Crippen LogP contribution is -2.58. The zero-order chi connectivity index (χ0) is 45.6. The fourth-order valence-electron chi connectivity index (χ4n) is 5.98. The number of aliphatic carboxylic acids is 2. The van der Waals surface area contributed by atoms with Gasteiger partial charge in [0.2, 0.25) is 47.3 Å². The van der Waals surface area contributed by atoms with Crippen LogP contribution in [0.15, 0.2) is 30.3 Å². The first-order valence-electron chi connectivity index (χ1n) is 19.1. The molecule has 0 unspecified atom stereocenters. The van der Waals surface area contributed by atoms with Crippen LogP contribution >= 0.6 is 12.6 Å². The Morgan fingerprint density at radius 3 is 1.98 bits per heavy atom. The van der Waals surface area contributed by atoms with E-state index >= 15 is 0 Å². The fraction of sp³-hybridized carbons (Fsp3) is 0.528. The second-order valence-corrected chi connectivity index (χ2v) is 14.3. The van der Waals surface area contributed by atoms with E-state index in [0.29, 0.717) is 24.9 Å². The van der Waals surface area contributed by atoms with Gasteiger partial charge in [0.1, 0.15) is 30.2 Å². The van der Waals surface area contributed by atoms with E-state index in [1.54, 1.807) is 30.3 Å². The molecule has 0 aliphatic carbocycles. The number of benzene rings is 1. The van der Waals surface area contributed by atoms with E-state index in [0.717, 1.165) is 0 Å². The zero-order valence-corrected chi connectivity index (χ0v) is 34.0. The number of guanidine groups is 1. The number of likely N-dealkylation sites (tertiary alicyclic amines) is 1. The van der Waals surface area contributed by atoms with E-state index in [2.05, 4.69) is 49.8 Å². The van der Waals surface area contributed by atoms with Crippen molar-refractivity contribution in [2.45, 2.75) is 87.6 Å². The first kappa shape index (κ1) is 50.6. The largest absolute Gasteiger partial charge is 0.481 e. The summed E-state index contributed by atoms with van der Waals surface area (Å²) in [5.41, 5.74) is 16.9. The number of hydrogen-bond donors (Lipinski definition) is 14. The summed E-state index contributed by atoms with van der Waals surface area (Å²) in [6, 6.07) is 0.702. The normalized spacial score (nSPS) is 15.6. The minimum Gasteiger partial charge on any atom is -0.481 e. The monoisotopic (exact) mass is 878 g/mol. The van der Waals surface area contributed by atoms with Gasteiger partial charge in [0, 0.05) is 31.7 Å². The number of thiol groups is 1. The van der Waals surface area contributed by atoms with Crippen LogP contribution in [0.25, 0.3) is 0 Å². The molecule has 0 spiro atoms. The topological polar surface area (TPSA) is 401 Å². The average Bonchev–Trinajstić information content (AvgIpc) is 3.70. The van der Waals surface area contributed by atoms with Crippen LogP contribution in [0.2, 0.25) is 0 Å². The molecule has 16 N–H and O–H groups in total. The third-order valence-corrected chi connectivity index (χ3v) is 9.44. The number of primary amides is 1. The summed E-state index contributed by atoms with van der Waals surface area (Å²) in [7, 11) is 0. The summed E-state index contributed by atoms with van der Waals surface area (Å²) < 4.78 is 0. The minimum atomic E-state index is -1.68. The van der Waals surface area contributed by atoms with Gasteiger partial charge in [-0.1, -0.05) is 30.3 Å². The summed E-state index contributed by atoms with van der Waals surface area (Å²) in [6.45, 7) is -0.859. The Hall–Kier alpha value is -6.50. The number of rotatable bonds is 26. The highest BCUT2D eigenvalue weighted by molar-refractivity contribution is 7.80. The molecule has 0 radical (unpaired) electrons. The number of hydrogen-bond acceptors (Lipinski definition) is 13. The van der Waals surface area contributed by atoms with Crippen LogP contribution < -0.4 is 54.4 Å². The molecule has 25 heteroatoms. The molecule has 1 aliphatic heterocycles. The molecule has 24 nitrogen and oxygen atoms in total. The molecule has 2 rings (SSSR count). The summed E-state index contributed by atoms with van der Waals surface area (Å²) in [5.74, 6) is -10.1. The molecule has 61 heavy (non-hydrogen) atoms. The standard InChI is InChI=1S/C36H54N12O12S/c37-20(8-4-12-41-36(39)40)30(54)42-16-28(51)45-24(18-61)32(56)47-23(14-19-6-2-1-3-7-19)34(58)48-13-5-9-25(48)33(57)43-17-27(50)44-22(15-26(38)49)31(55)46-21(35(59)60)10-11-29(52)53/h1-3,6-7,20-25,61H,4-5,8-18,37H2,(H2,38,49)(H,42,54)(H,43,57)(H,44,50)(H,45,51)(H,46,55)(H,47,56)(H,52,53)(H,59,60)(H4,39,40,41)/t20-,21-,22-,23-,24-,25-/m0/s1. The number of amides is 8. The van der Waals surface area contributed by atoms with Crippen molar-refractivity contribution < 1.29 is 58.2 Å². The van der Waals surface area contributed by atoms with Gasteiger partial charge >= 0.3 is 11.9 Å². The third kappa shape index (κ3) is 18.5. The number of nitrogens with zero attached hydrogens (tertiary/aromatic N) is 1. The number of nitrogens with one attached hydrogen (secondary N) is 8. The lowest BCUT2D eigenvalue weighted by Gasteiger charge is -2.30. The maximum Gasteiger partial charge on any atom is 0.326 e. The highest BCUT2D eigenvalue weighted by atomic mass is 32.1. The molecule has 1 aromatic rings. The number of carbonyl (C=O) groups excluding carboxylic acids is 8. The van der Waals surface area contributed by atoms with E-state index in [9.17, 15) is 53.1 Å². The molecule has 6 atom stereocenters. The average molecular weight is 879 g/mol. The highest BCUT2D eigenvalue weighted by Crippen LogP contribution is 2.20. The third-order valence-electron chi connectivity index (χ3n) is 9.08. The van der Waals surface area contributed by atoms with Gasteiger partial charge in [0.15, 0.2) is 5.96 Å². The van der Waals surface area contributed by atoms with Crippen molar-refractivity contribution in [1.82, 2.24) is 42.1 Å². The molecular formula is C36H54N12O12S. The Bertz CT molecular complexity index is 1770. The summed E-state index contributed by atoms with van der Waals surface area (Å²) >= 11 is 4.18. The zero-order valence-electron chi connectivity index (χ0n) is 33.1. The van der Waals surface area contributed by atoms with Crippen LogP contribution in [0.4, 0.5) is 0 Å². The van der Waals surface area contributed by atoms with Gasteiger partial charge in [-0.3, -0.25) is 48.6 Å². The summed E-state index contributed by atoms with van der Waals surface area (Å²) in [5, 5.41) is 42.1. The van der Waals surface area contributed by atoms with Gasteiger partial charge in [-0.05, 0) is 37.7 Å². The van der Waals surface area contributed by atoms with Crippen molar-refractivity contribution in [2.75, 3.05) is 31.9 Å². The second-order valence-electron chi connectivity index (χ2n) is 13.9. The Labute approximate surface area is 355 Å². The van der Waals surface area contributed by atoms with Crippen LogP contribution in [-0.2, 0) is 54.4 Å².